The van der Waals surface area contributed by atoms with Gasteiger partial charge in [-0.2, -0.15) is 0 Å². The van der Waals surface area contributed by atoms with Crippen molar-refractivity contribution in [2.45, 2.75) is 13.3 Å². The van der Waals surface area contributed by atoms with E-state index in [1.807, 2.05) is 6.92 Å². The van der Waals surface area contributed by atoms with Crippen LogP contribution in [0.1, 0.15) is 23.2 Å². The van der Waals surface area contributed by atoms with Crippen LogP contribution in [0, 0.1) is 0 Å². The number of esters is 1. The minimum atomic E-state index is -3.25. The Morgan fingerprint density at radius 1 is 1.47 bits per heavy atom. The molecule has 0 aliphatic heterocycles. The van der Waals surface area contributed by atoms with Gasteiger partial charge in [0.15, 0.2) is 0 Å². The quantitative estimate of drug-likeness (QED) is 0.597. The largest absolute Gasteiger partial charge is 0.458 e. The number of aryl methyl sites for hydroxylation is 1. The van der Waals surface area contributed by atoms with Crippen LogP contribution < -0.4 is 4.72 Å². The lowest BCUT2D eigenvalue weighted by Gasteiger charge is -2.03. The molecule has 1 aromatic heterocycles. The van der Waals surface area contributed by atoms with Crippen LogP contribution in [-0.4, -0.2) is 33.8 Å². The third kappa shape index (κ3) is 5.01. The molecular weight excluding hydrogens is 246 g/mol. The number of carbonyl (C=O) groups is 1. The minimum absolute atomic E-state index is 0.0337. The van der Waals surface area contributed by atoms with Gasteiger partial charge in [0, 0.05) is 13.0 Å². The van der Waals surface area contributed by atoms with Gasteiger partial charge < -0.3 is 9.15 Å². The van der Waals surface area contributed by atoms with Crippen LogP contribution in [-0.2, 0) is 21.2 Å². The number of sulfonamides is 1. The second-order valence-corrected chi connectivity index (χ2v) is 5.25. The van der Waals surface area contributed by atoms with Gasteiger partial charge in [-0.3, -0.25) is 0 Å². The topological polar surface area (TPSA) is 85.6 Å². The monoisotopic (exact) mass is 261 g/mol. The summed E-state index contributed by atoms with van der Waals surface area (Å²) in [6.07, 6.45) is 1.73. The van der Waals surface area contributed by atoms with Crippen molar-refractivity contribution in [1.82, 2.24) is 4.72 Å². The number of hydrogen-bond acceptors (Lipinski definition) is 5. The van der Waals surface area contributed by atoms with Gasteiger partial charge in [-0.25, -0.2) is 17.9 Å². The van der Waals surface area contributed by atoms with Gasteiger partial charge in [0.1, 0.15) is 12.4 Å². The van der Waals surface area contributed by atoms with Crippen molar-refractivity contribution in [2.24, 2.45) is 0 Å². The van der Waals surface area contributed by atoms with Crippen molar-refractivity contribution in [3.05, 3.63) is 23.7 Å². The first kappa shape index (κ1) is 13.7. The molecule has 1 N–H and O–H groups in total. The van der Waals surface area contributed by atoms with Gasteiger partial charge in [0.2, 0.25) is 15.8 Å². The molecule has 0 aliphatic rings. The maximum Gasteiger partial charge on any atom is 0.374 e. The zero-order chi connectivity index (χ0) is 12.9. The average molecular weight is 261 g/mol. The number of rotatable bonds is 6. The Bertz CT molecular complexity index is 477. The summed E-state index contributed by atoms with van der Waals surface area (Å²) < 4.78 is 33.6. The number of carbonyl (C=O) groups excluding carboxylic acids is 1. The Kier molecular flexibility index (Phi) is 4.71. The van der Waals surface area contributed by atoms with Gasteiger partial charge in [0.05, 0.1) is 6.26 Å². The smallest absolute Gasteiger partial charge is 0.374 e. The Hall–Kier alpha value is -1.34. The summed E-state index contributed by atoms with van der Waals surface area (Å²) in [6.45, 7) is 1.92. The lowest BCUT2D eigenvalue weighted by molar-refractivity contribution is 0.0475. The van der Waals surface area contributed by atoms with E-state index in [0.29, 0.717) is 12.2 Å². The maximum atomic E-state index is 11.4. The number of nitrogens with one attached hydrogen (secondary N) is 1. The highest BCUT2D eigenvalue weighted by Gasteiger charge is 2.12. The van der Waals surface area contributed by atoms with E-state index < -0.39 is 16.0 Å². The van der Waals surface area contributed by atoms with Crippen molar-refractivity contribution in [3.63, 3.8) is 0 Å². The lowest BCUT2D eigenvalue weighted by Crippen LogP contribution is -2.26. The van der Waals surface area contributed by atoms with Crippen LogP contribution in [0.4, 0.5) is 0 Å². The average Bonchev–Trinajstić information content (AvgIpc) is 2.71. The highest BCUT2D eigenvalue weighted by atomic mass is 32.2. The van der Waals surface area contributed by atoms with Crippen molar-refractivity contribution < 1.29 is 22.4 Å². The van der Waals surface area contributed by atoms with Gasteiger partial charge in [-0.15, -0.1) is 0 Å². The van der Waals surface area contributed by atoms with E-state index in [0.717, 1.165) is 6.26 Å². The van der Waals surface area contributed by atoms with E-state index in [-0.39, 0.29) is 18.9 Å². The Labute approximate surface area is 100 Å². The fourth-order valence-electron chi connectivity index (χ4n) is 1.12. The zero-order valence-corrected chi connectivity index (χ0v) is 10.5. The van der Waals surface area contributed by atoms with Crippen LogP contribution in [0.15, 0.2) is 16.5 Å². The second kappa shape index (κ2) is 5.83. The molecule has 7 heteroatoms. The Balaban J connectivity index is 2.35. The summed E-state index contributed by atoms with van der Waals surface area (Å²) in [5.74, 6) is 0.229. The molecule has 0 saturated carbocycles. The lowest BCUT2D eigenvalue weighted by atomic mass is 10.3. The third-order valence-corrected chi connectivity index (χ3v) is 2.64. The molecule has 1 heterocycles. The van der Waals surface area contributed by atoms with E-state index >= 15 is 0 Å². The molecule has 1 aromatic rings. The summed E-state index contributed by atoms with van der Waals surface area (Å²) in [5.41, 5.74) is 0. The highest BCUT2D eigenvalue weighted by Crippen LogP contribution is 2.09. The molecule has 0 fully saturated rings. The normalized spacial score (nSPS) is 11.4. The molecule has 0 bridgehead atoms. The van der Waals surface area contributed by atoms with E-state index in [2.05, 4.69) is 4.72 Å². The Morgan fingerprint density at radius 3 is 2.71 bits per heavy atom. The van der Waals surface area contributed by atoms with E-state index in [1.54, 1.807) is 6.07 Å². The van der Waals surface area contributed by atoms with Gasteiger partial charge in [0.25, 0.3) is 0 Å². The predicted molar refractivity (Wildman–Crippen MR) is 61.2 cm³/mol. The van der Waals surface area contributed by atoms with E-state index in [9.17, 15) is 13.2 Å². The zero-order valence-electron chi connectivity index (χ0n) is 9.73. The van der Waals surface area contributed by atoms with Crippen molar-refractivity contribution in [3.8, 4) is 0 Å². The number of hydrogen-bond donors (Lipinski definition) is 1. The molecule has 0 aliphatic carbocycles. The standard InChI is InChI=1S/C10H15NO5S/c1-3-8-4-5-9(16-8)10(12)15-7-6-11-17(2,13)14/h4-5,11H,3,6-7H2,1-2H3. The van der Waals surface area contributed by atoms with Crippen LogP contribution in [0.5, 0.6) is 0 Å². The van der Waals surface area contributed by atoms with Crippen LogP contribution >= 0.6 is 0 Å². The van der Waals surface area contributed by atoms with Crippen LogP contribution in [0.25, 0.3) is 0 Å². The molecule has 0 unspecified atom stereocenters. The summed E-state index contributed by atoms with van der Waals surface area (Å²) in [6, 6.07) is 3.23. The van der Waals surface area contributed by atoms with Gasteiger partial charge >= 0.3 is 5.97 Å². The molecular formula is C10H15NO5S. The Morgan fingerprint density at radius 2 is 2.18 bits per heavy atom. The molecule has 17 heavy (non-hydrogen) atoms. The molecule has 0 saturated heterocycles. The number of furan rings is 1. The van der Waals surface area contributed by atoms with Gasteiger partial charge in [-0.05, 0) is 12.1 Å². The first-order valence-corrected chi connectivity index (χ1v) is 7.02. The van der Waals surface area contributed by atoms with Crippen molar-refractivity contribution >= 4 is 16.0 Å². The maximum absolute atomic E-state index is 11.4. The molecule has 0 spiro atoms. The first-order valence-electron chi connectivity index (χ1n) is 5.13. The van der Waals surface area contributed by atoms with Crippen molar-refractivity contribution in [1.29, 1.82) is 0 Å². The SMILES string of the molecule is CCc1ccc(C(=O)OCCNS(C)(=O)=O)o1. The fourth-order valence-corrected chi connectivity index (χ4v) is 1.57. The summed E-state index contributed by atoms with van der Waals surface area (Å²) >= 11 is 0. The van der Waals surface area contributed by atoms with Crippen LogP contribution in [0.2, 0.25) is 0 Å². The highest BCUT2D eigenvalue weighted by molar-refractivity contribution is 7.88. The van der Waals surface area contributed by atoms with E-state index in [4.69, 9.17) is 9.15 Å². The fraction of sp³-hybridized carbons (Fsp3) is 0.500. The molecule has 0 atom stereocenters. The molecule has 0 aromatic carbocycles. The minimum Gasteiger partial charge on any atom is -0.458 e. The molecule has 6 nitrogen and oxygen atoms in total. The molecule has 0 radical (unpaired) electrons. The molecule has 96 valence electrons. The summed E-state index contributed by atoms with van der Waals surface area (Å²) in [5, 5.41) is 0. The molecule has 1 rings (SSSR count). The van der Waals surface area contributed by atoms with Crippen LogP contribution in [0.3, 0.4) is 0 Å². The van der Waals surface area contributed by atoms with Crippen molar-refractivity contribution in [2.75, 3.05) is 19.4 Å². The summed E-state index contributed by atoms with van der Waals surface area (Å²) in [4.78, 5) is 11.4. The van der Waals surface area contributed by atoms with Gasteiger partial charge in [-0.1, -0.05) is 6.92 Å². The second-order valence-electron chi connectivity index (χ2n) is 3.42. The summed E-state index contributed by atoms with van der Waals surface area (Å²) in [7, 11) is -3.25. The van der Waals surface area contributed by atoms with E-state index in [1.165, 1.54) is 6.07 Å². The third-order valence-electron chi connectivity index (χ3n) is 1.91. The molecule has 0 amide bonds. The first-order chi connectivity index (χ1) is 7.92. The number of ether oxygens (including phenoxy) is 1. The predicted octanol–water partition coefficient (Wildman–Crippen LogP) is 0.548.